The van der Waals surface area contributed by atoms with Crippen LogP contribution in [0, 0.1) is 26.7 Å². The molecule has 3 aromatic rings. The van der Waals surface area contributed by atoms with Gasteiger partial charge in [-0.2, -0.15) is 0 Å². The summed E-state index contributed by atoms with van der Waals surface area (Å²) in [6.07, 6.45) is 0.134. The molecule has 3 unspecified atom stereocenters. The van der Waals surface area contributed by atoms with Crippen molar-refractivity contribution >= 4 is 34.4 Å². The van der Waals surface area contributed by atoms with E-state index in [-0.39, 0.29) is 17.9 Å². The Hall–Kier alpha value is -2.70. The standard InChI is InChI=1S/C23H26ClN5O/c1-12-9-17-14(3)25-22(27-20(17)10-13(12)2)29-23-26-15(4)18(21(30)28-23)11-16-7-5-6-8-19(16)24/h5-10,15,18,23,26H,11H2,1-4H3,(H,28,30)(H,25,27,29). The number of nitrogens with one attached hydrogen (secondary N) is 3. The van der Waals surface area contributed by atoms with E-state index in [1.807, 2.05) is 38.1 Å². The molecule has 156 valence electrons. The van der Waals surface area contributed by atoms with Crippen molar-refractivity contribution in [2.45, 2.75) is 46.4 Å². The molecule has 1 amide bonds. The number of nitrogens with zero attached hydrogens (tertiary/aromatic N) is 2. The molecule has 1 aromatic heterocycles. The van der Waals surface area contributed by atoms with Gasteiger partial charge in [0.05, 0.1) is 17.1 Å². The van der Waals surface area contributed by atoms with Crippen LogP contribution in [0.25, 0.3) is 10.9 Å². The smallest absolute Gasteiger partial charge is 0.227 e. The van der Waals surface area contributed by atoms with Gasteiger partial charge in [0.2, 0.25) is 11.9 Å². The van der Waals surface area contributed by atoms with Gasteiger partial charge in [-0.1, -0.05) is 29.8 Å². The van der Waals surface area contributed by atoms with E-state index in [1.54, 1.807) is 0 Å². The van der Waals surface area contributed by atoms with E-state index in [2.05, 4.69) is 51.9 Å². The minimum absolute atomic E-state index is 0.0253. The average molecular weight is 424 g/mol. The summed E-state index contributed by atoms with van der Waals surface area (Å²) in [5.41, 5.74) is 5.16. The van der Waals surface area contributed by atoms with Gasteiger partial charge in [-0.3, -0.25) is 10.1 Å². The Morgan fingerprint density at radius 2 is 1.83 bits per heavy atom. The third-order valence-electron chi connectivity index (χ3n) is 5.83. The molecule has 1 fully saturated rings. The SMILES string of the molecule is Cc1cc2nc(NC3NC(=O)C(Cc4ccccc4Cl)C(C)N3)nc(C)c2cc1C. The second kappa shape index (κ2) is 8.20. The summed E-state index contributed by atoms with van der Waals surface area (Å²) in [5, 5.41) is 11.3. The first-order chi connectivity index (χ1) is 14.3. The Labute approximate surface area is 181 Å². The zero-order valence-corrected chi connectivity index (χ0v) is 18.3. The van der Waals surface area contributed by atoms with Crippen LogP contribution in [-0.4, -0.2) is 28.2 Å². The van der Waals surface area contributed by atoms with Crippen molar-refractivity contribution < 1.29 is 4.79 Å². The van der Waals surface area contributed by atoms with Crippen LogP contribution < -0.4 is 16.0 Å². The number of carbonyl (C=O) groups excluding carboxylic acids is 1. The summed E-state index contributed by atoms with van der Waals surface area (Å²) < 4.78 is 0. The van der Waals surface area contributed by atoms with Gasteiger partial charge in [-0.25, -0.2) is 9.97 Å². The molecule has 1 aliphatic heterocycles. The van der Waals surface area contributed by atoms with E-state index in [0.717, 1.165) is 22.2 Å². The zero-order chi connectivity index (χ0) is 21.4. The first kappa shape index (κ1) is 20.6. The summed E-state index contributed by atoms with van der Waals surface area (Å²) in [6.45, 7) is 8.14. The average Bonchev–Trinajstić information content (AvgIpc) is 2.68. The molecule has 2 aromatic carbocycles. The first-order valence-corrected chi connectivity index (χ1v) is 10.5. The molecular formula is C23H26ClN5O. The molecule has 1 aliphatic rings. The van der Waals surface area contributed by atoms with E-state index in [0.29, 0.717) is 17.4 Å². The van der Waals surface area contributed by atoms with Gasteiger partial charge in [0.25, 0.3) is 0 Å². The molecule has 6 nitrogen and oxygen atoms in total. The third kappa shape index (κ3) is 4.11. The minimum atomic E-state index is -0.446. The van der Waals surface area contributed by atoms with Gasteiger partial charge in [-0.05, 0) is 69.0 Å². The van der Waals surface area contributed by atoms with E-state index in [9.17, 15) is 4.79 Å². The Morgan fingerprint density at radius 3 is 2.57 bits per heavy atom. The minimum Gasteiger partial charge on any atom is -0.323 e. The quantitative estimate of drug-likeness (QED) is 0.593. The second-order valence-corrected chi connectivity index (χ2v) is 8.44. The predicted octanol–water partition coefficient (Wildman–Crippen LogP) is 3.87. The van der Waals surface area contributed by atoms with Crippen LogP contribution >= 0.6 is 11.6 Å². The van der Waals surface area contributed by atoms with Crippen molar-refractivity contribution in [2.75, 3.05) is 5.32 Å². The predicted molar refractivity (Wildman–Crippen MR) is 121 cm³/mol. The van der Waals surface area contributed by atoms with Gasteiger partial charge >= 0.3 is 0 Å². The summed E-state index contributed by atoms with van der Waals surface area (Å²) >= 11 is 6.28. The van der Waals surface area contributed by atoms with Crippen LogP contribution in [0.15, 0.2) is 36.4 Å². The fourth-order valence-corrected chi connectivity index (χ4v) is 4.09. The normalized spacial score (nSPS) is 21.5. The lowest BCUT2D eigenvalue weighted by atomic mass is 9.90. The van der Waals surface area contributed by atoms with Crippen LogP contribution in [-0.2, 0) is 11.2 Å². The highest BCUT2D eigenvalue weighted by atomic mass is 35.5. The van der Waals surface area contributed by atoms with Crippen LogP contribution in [0.3, 0.4) is 0 Å². The second-order valence-electron chi connectivity index (χ2n) is 8.03. The molecule has 1 saturated heterocycles. The van der Waals surface area contributed by atoms with Gasteiger partial charge < -0.3 is 10.6 Å². The van der Waals surface area contributed by atoms with Crippen molar-refractivity contribution in [1.82, 2.24) is 20.6 Å². The highest BCUT2D eigenvalue weighted by Gasteiger charge is 2.34. The molecule has 0 bridgehead atoms. The Bertz CT molecular complexity index is 1120. The Morgan fingerprint density at radius 1 is 1.10 bits per heavy atom. The van der Waals surface area contributed by atoms with Crippen LogP contribution in [0.5, 0.6) is 0 Å². The first-order valence-electron chi connectivity index (χ1n) is 10.1. The number of amides is 1. The number of fused-ring (bicyclic) bond motifs is 1. The molecule has 0 radical (unpaired) electrons. The lowest BCUT2D eigenvalue weighted by molar-refractivity contribution is -0.128. The maximum atomic E-state index is 12.8. The zero-order valence-electron chi connectivity index (χ0n) is 17.6. The maximum absolute atomic E-state index is 12.8. The fraction of sp³-hybridized carbons (Fsp3) is 0.348. The van der Waals surface area contributed by atoms with Crippen molar-refractivity contribution in [3.05, 3.63) is 63.8 Å². The number of hydrogen-bond acceptors (Lipinski definition) is 5. The van der Waals surface area contributed by atoms with Gasteiger partial charge in [0.15, 0.2) is 6.29 Å². The highest BCUT2D eigenvalue weighted by molar-refractivity contribution is 6.31. The molecule has 0 saturated carbocycles. The Kier molecular flexibility index (Phi) is 5.62. The monoisotopic (exact) mass is 423 g/mol. The molecule has 0 aliphatic carbocycles. The van der Waals surface area contributed by atoms with E-state index < -0.39 is 6.29 Å². The van der Waals surface area contributed by atoms with Crippen molar-refractivity contribution in [2.24, 2.45) is 5.92 Å². The van der Waals surface area contributed by atoms with Gasteiger partial charge in [0.1, 0.15) is 0 Å². The number of aromatic nitrogens is 2. The summed E-state index contributed by atoms with van der Waals surface area (Å²) in [6, 6.07) is 11.8. The van der Waals surface area contributed by atoms with Gasteiger partial charge in [0, 0.05) is 16.5 Å². The molecule has 4 rings (SSSR count). The summed E-state index contributed by atoms with van der Waals surface area (Å²) in [4.78, 5) is 22.0. The van der Waals surface area contributed by atoms with E-state index in [4.69, 9.17) is 11.6 Å². The lowest BCUT2D eigenvalue weighted by Crippen LogP contribution is -2.63. The number of rotatable bonds is 4. The van der Waals surface area contributed by atoms with Gasteiger partial charge in [-0.15, -0.1) is 0 Å². The highest BCUT2D eigenvalue weighted by Crippen LogP contribution is 2.24. The van der Waals surface area contributed by atoms with Crippen LogP contribution in [0.1, 0.15) is 29.3 Å². The molecule has 3 atom stereocenters. The molecular weight excluding hydrogens is 398 g/mol. The molecule has 7 heteroatoms. The fourth-order valence-electron chi connectivity index (χ4n) is 3.88. The molecule has 3 N–H and O–H groups in total. The van der Waals surface area contributed by atoms with E-state index in [1.165, 1.54) is 11.1 Å². The molecule has 2 heterocycles. The number of hydrogen-bond donors (Lipinski definition) is 3. The van der Waals surface area contributed by atoms with Crippen molar-refractivity contribution in [1.29, 1.82) is 0 Å². The number of halogens is 1. The summed E-state index contributed by atoms with van der Waals surface area (Å²) in [7, 11) is 0. The van der Waals surface area contributed by atoms with Crippen LogP contribution in [0.2, 0.25) is 5.02 Å². The largest absolute Gasteiger partial charge is 0.323 e. The lowest BCUT2D eigenvalue weighted by Gasteiger charge is -2.36. The van der Waals surface area contributed by atoms with Crippen molar-refractivity contribution in [3.63, 3.8) is 0 Å². The Balaban J connectivity index is 1.50. The molecule has 0 spiro atoms. The third-order valence-corrected chi connectivity index (χ3v) is 6.20. The van der Waals surface area contributed by atoms with Crippen LogP contribution in [0.4, 0.5) is 5.95 Å². The maximum Gasteiger partial charge on any atom is 0.227 e. The topological polar surface area (TPSA) is 78.9 Å². The number of anilines is 1. The number of aryl methyl sites for hydroxylation is 3. The number of benzene rings is 2. The summed E-state index contributed by atoms with van der Waals surface area (Å²) in [5.74, 6) is 0.244. The molecule has 30 heavy (non-hydrogen) atoms. The van der Waals surface area contributed by atoms with E-state index >= 15 is 0 Å². The van der Waals surface area contributed by atoms with Crippen molar-refractivity contribution in [3.8, 4) is 0 Å². The number of carbonyl (C=O) groups is 1.